The number of allylic oxidation sites excluding steroid dienone is 4. The second-order valence-electron chi connectivity index (χ2n) is 22.3. The summed E-state index contributed by atoms with van der Waals surface area (Å²) < 4.78 is 5.49. The van der Waals surface area contributed by atoms with Crippen molar-refractivity contribution in [1.82, 2.24) is 16.0 Å². The van der Waals surface area contributed by atoms with Gasteiger partial charge in [-0.15, -0.1) is 0 Å². The van der Waals surface area contributed by atoms with Crippen LogP contribution in [0.4, 0.5) is 21.9 Å². The zero-order chi connectivity index (χ0) is 55.9. The molecule has 5 amide bonds. The molecule has 0 spiro atoms. The molecule has 3 aromatic carbocycles. The monoisotopic (exact) mass is 1070 g/mol. The van der Waals surface area contributed by atoms with Crippen LogP contribution in [-0.4, -0.2) is 114 Å². The van der Waals surface area contributed by atoms with Crippen molar-refractivity contribution in [2.24, 2.45) is 45.7 Å². The van der Waals surface area contributed by atoms with Crippen LogP contribution in [0.1, 0.15) is 95.2 Å². The molecule has 0 unspecified atom stereocenters. The fraction of sp³-hybridized carbons (Fsp3) is 0.492. The minimum Gasteiger partial charge on any atom is -0.481 e. The molecule has 1 saturated heterocycles. The number of carboxylic acid groups (broad SMARTS) is 1. The van der Waals surface area contributed by atoms with Gasteiger partial charge in [-0.05, 0) is 153 Å². The number of aliphatic hydroxyl groups excluding tert-OH is 2. The first-order chi connectivity index (χ1) is 37.3. The van der Waals surface area contributed by atoms with E-state index in [1.165, 1.54) is 6.92 Å². The molecule has 0 aromatic heterocycles. The summed E-state index contributed by atoms with van der Waals surface area (Å²) in [5, 5.41) is 44.8. The zero-order valence-corrected chi connectivity index (χ0v) is 44.6. The molecule has 19 heteroatoms. The van der Waals surface area contributed by atoms with Crippen LogP contribution in [-0.2, 0) is 51.3 Å². The van der Waals surface area contributed by atoms with Crippen LogP contribution in [0.5, 0.6) is 0 Å². The zero-order valence-electron chi connectivity index (χ0n) is 44.6. The molecule has 5 aliphatic rings. The molecule has 10 N–H and O–H groups in total. The lowest BCUT2D eigenvalue weighted by molar-refractivity contribution is -0.157. The Balaban J connectivity index is 0.815. The summed E-state index contributed by atoms with van der Waals surface area (Å²) in [6.45, 7) is 6.00. The lowest BCUT2D eigenvalue weighted by Gasteiger charge is -2.60. The van der Waals surface area contributed by atoms with Crippen LogP contribution in [0, 0.1) is 39.9 Å². The number of fused-ring (bicyclic) bond motifs is 7. The number of carboxylic acids is 1. The number of unbranched alkanes of at least 4 members (excludes halogenated alkanes) is 1. The van der Waals surface area contributed by atoms with Crippen LogP contribution in [0.25, 0.3) is 0 Å². The Morgan fingerprint density at radius 2 is 1.60 bits per heavy atom. The SMILES string of the molecule is CC(=O)N[C@@H](CCCCN)C(=O)NCC(=O)N[C@@H](CCC(=O)O)C(=O)Nc1ccc(COC(=O)Nc2cccc(Cc3ccc(N4C[C@@H]5C[C@H]6[C@@H]7CCC8=CC(=O)C=C[C@]8(C)[C@H]7[C@@H](O)C[C@]6(C)[C@]5(C(=O)CO)C4)cc3)c2)cc1. The van der Waals surface area contributed by atoms with E-state index in [4.69, 9.17) is 10.5 Å². The summed E-state index contributed by atoms with van der Waals surface area (Å²) in [5.41, 5.74) is 9.32. The molecule has 1 aliphatic heterocycles. The van der Waals surface area contributed by atoms with Gasteiger partial charge in [0, 0.05) is 54.8 Å². The number of carbonyl (C=O) groups is 8. The van der Waals surface area contributed by atoms with Crippen LogP contribution in [0.15, 0.2) is 96.6 Å². The maximum absolute atomic E-state index is 14.2. The van der Waals surface area contributed by atoms with Crippen LogP contribution in [0.2, 0.25) is 0 Å². The first-order valence-corrected chi connectivity index (χ1v) is 27.1. The second-order valence-corrected chi connectivity index (χ2v) is 22.3. The number of amides is 5. The number of aliphatic hydroxyl groups is 2. The van der Waals surface area contributed by atoms with Gasteiger partial charge in [-0.1, -0.05) is 61.9 Å². The molecular weight excluding hydrogens is 999 g/mol. The minimum atomic E-state index is -1.26. The molecule has 0 bridgehead atoms. The van der Waals surface area contributed by atoms with E-state index < -0.39 is 89.7 Å². The van der Waals surface area contributed by atoms with Crippen molar-refractivity contribution in [3.63, 3.8) is 0 Å². The van der Waals surface area contributed by atoms with Crippen molar-refractivity contribution in [1.29, 1.82) is 0 Å². The largest absolute Gasteiger partial charge is 0.481 e. The predicted molar refractivity (Wildman–Crippen MR) is 291 cm³/mol. The standard InChI is InChI=1S/C59H73N7O12/c1-35(68)62-47(9-4-5-24-60)54(75)61-30-51(72)65-48(20-21-52(73)74)55(76)63-41-15-10-37(11-16-41)33-78-56(77)64-42-8-6-7-38(26-42)25-36-12-17-43(18-13-36)66-31-40-28-46-45-19-14-39-27-44(69)22-23-57(39,2)53(45)49(70)29-58(46,3)59(40,34-66)50(71)32-67/h6-8,10-13,15-18,22-23,26-27,40,45-49,53,67,70H,4-5,9,14,19-21,24-25,28-34,60H2,1-3H3,(H,61,75)(H,62,68)(H,63,76)(H,64,77)(H,65,72)(H,73,74)/t40-,45-,46-,47-,48-,49-,53+,57-,58-,59+/m0/s1. The molecule has 19 nitrogen and oxygen atoms in total. The summed E-state index contributed by atoms with van der Waals surface area (Å²) in [7, 11) is 0. The van der Waals surface area contributed by atoms with Crippen LogP contribution < -0.4 is 37.2 Å². The number of benzene rings is 3. The number of ketones is 2. The van der Waals surface area contributed by atoms with Gasteiger partial charge >= 0.3 is 12.1 Å². The lowest BCUT2D eigenvalue weighted by Crippen LogP contribution is -2.60. The Labute approximate surface area is 454 Å². The average Bonchev–Trinajstić information content (AvgIpc) is 4.03. The fourth-order valence-electron chi connectivity index (χ4n) is 13.9. The molecule has 416 valence electrons. The summed E-state index contributed by atoms with van der Waals surface area (Å²) in [6, 6.07) is 19.9. The highest BCUT2D eigenvalue weighted by atomic mass is 16.5. The van der Waals surface area contributed by atoms with E-state index in [0.717, 1.165) is 41.6 Å². The van der Waals surface area contributed by atoms with E-state index in [0.29, 0.717) is 68.7 Å². The number of ether oxygens (including phenoxy) is 1. The Morgan fingerprint density at radius 1 is 0.872 bits per heavy atom. The third kappa shape index (κ3) is 12.2. The predicted octanol–water partition coefficient (Wildman–Crippen LogP) is 4.94. The average molecular weight is 1070 g/mol. The van der Waals surface area contributed by atoms with Crippen molar-refractivity contribution in [2.75, 3.05) is 48.3 Å². The minimum absolute atomic E-state index is 0.00416. The number of carbonyl (C=O) groups excluding carboxylic acids is 7. The third-order valence-electron chi connectivity index (χ3n) is 17.5. The van der Waals surface area contributed by atoms with Crippen LogP contribution >= 0.6 is 0 Å². The van der Waals surface area contributed by atoms with Gasteiger partial charge in [0.05, 0.1) is 18.1 Å². The van der Waals surface area contributed by atoms with Crippen molar-refractivity contribution < 1.29 is 58.4 Å². The van der Waals surface area contributed by atoms with Gasteiger partial charge in [0.1, 0.15) is 25.3 Å². The molecule has 4 fully saturated rings. The number of rotatable bonds is 22. The number of Topliss-reactive ketones (excluding diaryl/α,β-unsaturated/α-hetero) is 1. The van der Waals surface area contributed by atoms with Crippen LogP contribution in [0.3, 0.4) is 0 Å². The van der Waals surface area contributed by atoms with Gasteiger partial charge in [-0.25, -0.2) is 4.79 Å². The maximum Gasteiger partial charge on any atom is 0.411 e. The molecule has 1 heterocycles. The van der Waals surface area contributed by atoms with Gasteiger partial charge in [-0.3, -0.25) is 38.9 Å². The number of nitrogens with one attached hydrogen (secondary N) is 5. The molecule has 8 rings (SSSR count). The summed E-state index contributed by atoms with van der Waals surface area (Å²) in [6.07, 6.45) is 8.45. The highest BCUT2D eigenvalue weighted by molar-refractivity contribution is 6.01. The van der Waals surface area contributed by atoms with Crippen molar-refractivity contribution in [3.8, 4) is 0 Å². The van der Waals surface area contributed by atoms with E-state index in [1.54, 1.807) is 42.5 Å². The molecule has 78 heavy (non-hydrogen) atoms. The van der Waals surface area contributed by atoms with Gasteiger partial charge < -0.3 is 52.0 Å². The number of anilines is 3. The van der Waals surface area contributed by atoms with E-state index in [2.05, 4.69) is 69.6 Å². The smallest absolute Gasteiger partial charge is 0.411 e. The molecule has 3 saturated carbocycles. The highest BCUT2D eigenvalue weighted by Crippen LogP contribution is 2.72. The molecular formula is C59H73N7O12. The number of aliphatic carboxylic acids is 1. The fourth-order valence-corrected chi connectivity index (χ4v) is 13.9. The summed E-state index contributed by atoms with van der Waals surface area (Å²) in [5.74, 6) is -3.41. The molecule has 3 aromatic rings. The number of hydrogen-bond donors (Lipinski definition) is 9. The van der Waals surface area contributed by atoms with E-state index in [-0.39, 0.29) is 48.3 Å². The Kier molecular flexibility index (Phi) is 17.7. The van der Waals surface area contributed by atoms with Gasteiger partial charge in [0.2, 0.25) is 23.6 Å². The molecule has 10 atom stereocenters. The summed E-state index contributed by atoms with van der Waals surface area (Å²) in [4.78, 5) is 104. The Bertz CT molecular complexity index is 2840. The first kappa shape index (κ1) is 57.0. The second kappa shape index (κ2) is 24.2. The maximum atomic E-state index is 14.2. The van der Waals surface area contributed by atoms with E-state index in [1.807, 2.05) is 24.3 Å². The van der Waals surface area contributed by atoms with Crippen molar-refractivity contribution >= 4 is 64.3 Å². The van der Waals surface area contributed by atoms with Crippen molar-refractivity contribution in [2.45, 2.75) is 110 Å². The van der Waals surface area contributed by atoms with Gasteiger partial charge in [-0.2, -0.15) is 0 Å². The number of nitrogens with zero attached hydrogens (tertiary/aromatic N) is 1. The lowest BCUT2D eigenvalue weighted by atomic mass is 9.44. The molecule has 0 radical (unpaired) electrons. The molecule has 4 aliphatic carbocycles. The Hall–Kier alpha value is -7.22. The third-order valence-corrected chi connectivity index (χ3v) is 17.5. The summed E-state index contributed by atoms with van der Waals surface area (Å²) >= 11 is 0. The van der Waals surface area contributed by atoms with Crippen molar-refractivity contribution in [3.05, 3.63) is 113 Å². The quantitative estimate of drug-likeness (QED) is 0.0603. The first-order valence-electron chi connectivity index (χ1n) is 27.1. The number of nitrogens with two attached hydrogens (primary N) is 1. The topological polar surface area (TPSA) is 296 Å². The normalized spacial score (nSPS) is 26.4. The van der Waals surface area contributed by atoms with E-state index >= 15 is 0 Å². The van der Waals surface area contributed by atoms with Gasteiger partial charge in [0.15, 0.2) is 11.6 Å². The highest BCUT2D eigenvalue weighted by Gasteiger charge is 2.73. The van der Waals surface area contributed by atoms with Gasteiger partial charge in [0.25, 0.3) is 0 Å². The number of hydrogen-bond acceptors (Lipinski definition) is 13. The Morgan fingerprint density at radius 3 is 2.31 bits per heavy atom. The van der Waals surface area contributed by atoms with E-state index in [9.17, 15) is 53.7 Å².